The highest BCUT2D eigenvalue weighted by molar-refractivity contribution is 6.30. The molecule has 2 rings (SSSR count). The van der Waals surface area contributed by atoms with Gasteiger partial charge >= 0.3 is 5.97 Å². The molecular formula is C17H16ClNO4. The molecule has 2 aromatic carbocycles. The lowest BCUT2D eigenvalue weighted by molar-refractivity contribution is -0.123. The molecule has 0 radical (unpaired) electrons. The minimum atomic E-state index is -0.941. The van der Waals surface area contributed by atoms with Crippen molar-refractivity contribution < 1.29 is 19.1 Å². The van der Waals surface area contributed by atoms with E-state index in [-0.39, 0.29) is 0 Å². The van der Waals surface area contributed by atoms with Crippen molar-refractivity contribution in [2.75, 3.05) is 12.4 Å². The summed E-state index contributed by atoms with van der Waals surface area (Å²) in [5.74, 6) is -0.385. The summed E-state index contributed by atoms with van der Waals surface area (Å²) >= 11 is 5.85. The Balaban J connectivity index is 1.95. The lowest BCUT2D eigenvalue weighted by Crippen LogP contribution is -2.30. The number of benzene rings is 2. The van der Waals surface area contributed by atoms with Crippen molar-refractivity contribution in [2.45, 2.75) is 13.0 Å². The fourth-order valence-corrected chi connectivity index (χ4v) is 2.01. The number of nitrogens with one attached hydrogen (secondary N) is 1. The summed E-state index contributed by atoms with van der Waals surface area (Å²) in [5, 5.41) is 3.14. The lowest BCUT2D eigenvalue weighted by Gasteiger charge is -2.14. The maximum absolute atomic E-state index is 12.0. The van der Waals surface area contributed by atoms with Crippen LogP contribution in [-0.4, -0.2) is 25.1 Å². The van der Waals surface area contributed by atoms with Crippen LogP contribution < -0.4 is 10.1 Å². The number of anilines is 1. The quantitative estimate of drug-likeness (QED) is 0.850. The third kappa shape index (κ3) is 4.72. The van der Waals surface area contributed by atoms with Crippen molar-refractivity contribution in [3.8, 4) is 5.75 Å². The molecule has 0 aliphatic carbocycles. The second-order valence-electron chi connectivity index (χ2n) is 4.78. The number of methoxy groups -OCH3 is 1. The molecule has 0 saturated carbocycles. The molecule has 0 saturated heterocycles. The molecule has 0 heterocycles. The van der Waals surface area contributed by atoms with Gasteiger partial charge in [-0.05, 0) is 49.4 Å². The number of amides is 1. The summed E-state index contributed by atoms with van der Waals surface area (Å²) in [5.41, 5.74) is 0.878. The second kappa shape index (κ2) is 7.65. The van der Waals surface area contributed by atoms with Gasteiger partial charge < -0.3 is 14.8 Å². The Labute approximate surface area is 139 Å². The number of carbonyl (C=O) groups is 2. The number of rotatable bonds is 5. The topological polar surface area (TPSA) is 64.6 Å². The standard InChI is InChI=1S/C17H16ClNO4/c1-11(16(20)19-14-5-3-4-13(18)10-14)23-17(21)12-6-8-15(22-2)9-7-12/h3-11H,1-2H3,(H,19,20). The molecule has 1 unspecified atom stereocenters. The zero-order chi connectivity index (χ0) is 16.8. The first kappa shape index (κ1) is 16.8. The molecule has 2 aromatic rings. The SMILES string of the molecule is COc1ccc(C(=O)OC(C)C(=O)Nc2cccc(Cl)c2)cc1. The number of halogens is 1. The van der Waals surface area contributed by atoms with E-state index in [2.05, 4.69) is 5.32 Å². The Morgan fingerprint density at radius 1 is 1.13 bits per heavy atom. The summed E-state index contributed by atoms with van der Waals surface area (Å²) in [7, 11) is 1.54. The van der Waals surface area contributed by atoms with Crippen molar-refractivity contribution in [3.63, 3.8) is 0 Å². The lowest BCUT2D eigenvalue weighted by atomic mass is 10.2. The molecule has 120 valence electrons. The fourth-order valence-electron chi connectivity index (χ4n) is 1.82. The van der Waals surface area contributed by atoms with Gasteiger partial charge in [-0.25, -0.2) is 4.79 Å². The number of esters is 1. The van der Waals surface area contributed by atoms with E-state index >= 15 is 0 Å². The largest absolute Gasteiger partial charge is 0.497 e. The predicted octanol–water partition coefficient (Wildman–Crippen LogP) is 3.53. The molecule has 5 nitrogen and oxygen atoms in total. The maximum Gasteiger partial charge on any atom is 0.338 e. The Morgan fingerprint density at radius 3 is 2.43 bits per heavy atom. The van der Waals surface area contributed by atoms with Crippen molar-refractivity contribution in [2.24, 2.45) is 0 Å². The molecule has 1 atom stereocenters. The highest BCUT2D eigenvalue weighted by Crippen LogP contribution is 2.16. The van der Waals surface area contributed by atoms with Crippen LogP contribution in [0.3, 0.4) is 0 Å². The molecule has 0 aromatic heterocycles. The highest BCUT2D eigenvalue weighted by Gasteiger charge is 2.19. The Bertz CT molecular complexity index is 700. The highest BCUT2D eigenvalue weighted by atomic mass is 35.5. The van der Waals surface area contributed by atoms with E-state index in [4.69, 9.17) is 21.1 Å². The number of carbonyl (C=O) groups excluding carboxylic acids is 2. The van der Waals surface area contributed by atoms with Gasteiger partial charge in [-0.1, -0.05) is 17.7 Å². The summed E-state index contributed by atoms with van der Waals surface area (Å²) in [6.45, 7) is 1.50. The maximum atomic E-state index is 12.0. The van der Waals surface area contributed by atoms with Crippen LogP contribution in [0.1, 0.15) is 17.3 Å². The first-order valence-electron chi connectivity index (χ1n) is 6.91. The normalized spacial score (nSPS) is 11.4. The summed E-state index contributed by atoms with van der Waals surface area (Å²) in [6.07, 6.45) is -0.941. The monoisotopic (exact) mass is 333 g/mol. The van der Waals surface area contributed by atoms with Gasteiger partial charge in [0.05, 0.1) is 12.7 Å². The number of ether oxygens (including phenoxy) is 2. The molecule has 6 heteroatoms. The average Bonchev–Trinajstić information content (AvgIpc) is 2.54. The Morgan fingerprint density at radius 2 is 1.83 bits per heavy atom. The number of hydrogen-bond donors (Lipinski definition) is 1. The summed E-state index contributed by atoms with van der Waals surface area (Å²) in [6, 6.07) is 13.2. The van der Waals surface area contributed by atoms with E-state index in [9.17, 15) is 9.59 Å². The molecule has 0 bridgehead atoms. The van der Waals surface area contributed by atoms with E-state index in [1.165, 1.54) is 14.0 Å². The van der Waals surface area contributed by atoms with Gasteiger partial charge in [0.1, 0.15) is 5.75 Å². The predicted molar refractivity (Wildman–Crippen MR) is 88.0 cm³/mol. The van der Waals surface area contributed by atoms with Gasteiger partial charge in [0.15, 0.2) is 6.10 Å². The van der Waals surface area contributed by atoms with Crippen LogP contribution in [0.5, 0.6) is 5.75 Å². The van der Waals surface area contributed by atoms with Crippen LogP contribution in [0.4, 0.5) is 5.69 Å². The van der Waals surface area contributed by atoms with Crippen LogP contribution in [0.15, 0.2) is 48.5 Å². The zero-order valence-electron chi connectivity index (χ0n) is 12.7. The molecule has 0 aliphatic rings. The van der Waals surface area contributed by atoms with Gasteiger partial charge in [-0.2, -0.15) is 0 Å². The van der Waals surface area contributed by atoms with Crippen molar-refractivity contribution in [1.29, 1.82) is 0 Å². The van der Waals surface area contributed by atoms with Crippen molar-refractivity contribution >= 4 is 29.2 Å². The van der Waals surface area contributed by atoms with Gasteiger partial charge in [-0.15, -0.1) is 0 Å². The van der Waals surface area contributed by atoms with E-state index in [0.717, 1.165) is 0 Å². The van der Waals surface area contributed by atoms with Crippen molar-refractivity contribution in [3.05, 3.63) is 59.1 Å². The Hall–Kier alpha value is -2.53. The van der Waals surface area contributed by atoms with Crippen LogP contribution in [0, 0.1) is 0 Å². The summed E-state index contributed by atoms with van der Waals surface area (Å²) in [4.78, 5) is 24.0. The van der Waals surface area contributed by atoms with Gasteiger partial charge in [0.2, 0.25) is 0 Å². The van der Waals surface area contributed by atoms with Crippen LogP contribution in [-0.2, 0) is 9.53 Å². The van der Waals surface area contributed by atoms with Gasteiger partial charge in [0, 0.05) is 10.7 Å². The van der Waals surface area contributed by atoms with E-state index in [1.54, 1.807) is 48.5 Å². The summed E-state index contributed by atoms with van der Waals surface area (Å²) < 4.78 is 10.2. The molecule has 23 heavy (non-hydrogen) atoms. The third-order valence-electron chi connectivity index (χ3n) is 3.07. The molecule has 0 aliphatic heterocycles. The Kier molecular flexibility index (Phi) is 5.60. The van der Waals surface area contributed by atoms with E-state index in [1.807, 2.05) is 0 Å². The minimum Gasteiger partial charge on any atom is -0.497 e. The van der Waals surface area contributed by atoms with Gasteiger partial charge in [0.25, 0.3) is 5.91 Å². The third-order valence-corrected chi connectivity index (χ3v) is 3.31. The van der Waals surface area contributed by atoms with Crippen LogP contribution >= 0.6 is 11.6 Å². The fraction of sp³-hybridized carbons (Fsp3) is 0.176. The number of hydrogen-bond acceptors (Lipinski definition) is 4. The second-order valence-corrected chi connectivity index (χ2v) is 5.21. The smallest absolute Gasteiger partial charge is 0.338 e. The van der Waals surface area contributed by atoms with Gasteiger partial charge in [-0.3, -0.25) is 4.79 Å². The molecule has 1 N–H and O–H groups in total. The molecular weight excluding hydrogens is 318 g/mol. The average molecular weight is 334 g/mol. The molecule has 0 fully saturated rings. The van der Waals surface area contributed by atoms with Crippen molar-refractivity contribution in [1.82, 2.24) is 0 Å². The zero-order valence-corrected chi connectivity index (χ0v) is 13.5. The van der Waals surface area contributed by atoms with Crippen LogP contribution in [0.2, 0.25) is 5.02 Å². The molecule has 0 spiro atoms. The van der Waals surface area contributed by atoms with E-state index < -0.39 is 18.0 Å². The first-order chi connectivity index (χ1) is 11.0. The molecule has 1 amide bonds. The first-order valence-corrected chi connectivity index (χ1v) is 7.29. The van der Waals surface area contributed by atoms with Crippen LogP contribution in [0.25, 0.3) is 0 Å². The minimum absolute atomic E-state index is 0.341. The van der Waals surface area contributed by atoms with E-state index in [0.29, 0.717) is 22.0 Å².